The standard InChI is InChI=1S/C19H13Br3N2O2/c1-2-7-26-18-16(21)9-12(10-17(18)22)8-13(11-23)19(25)24-15-5-3-14(20)4-6-15/h2-6,8-10H,1,7H2,(H,24,25)/b13-8+. The van der Waals surface area contributed by atoms with Crippen molar-refractivity contribution in [3.63, 3.8) is 0 Å². The summed E-state index contributed by atoms with van der Waals surface area (Å²) in [6, 6.07) is 12.6. The number of nitriles is 1. The van der Waals surface area contributed by atoms with Crippen molar-refractivity contribution in [3.8, 4) is 11.8 Å². The minimum atomic E-state index is -0.478. The highest BCUT2D eigenvalue weighted by atomic mass is 79.9. The van der Waals surface area contributed by atoms with E-state index < -0.39 is 5.91 Å². The van der Waals surface area contributed by atoms with Crippen LogP contribution in [0.5, 0.6) is 5.75 Å². The third-order valence-electron chi connectivity index (χ3n) is 3.14. The summed E-state index contributed by atoms with van der Waals surface area (Å²) in [4.78, 5) is 12.3. The summed E-state index contributed by atoms with van der Waals surface area (Å²) in [6.45, 7) is 3.98. The SMILES string of the molecule is C=CCOc1c(Br)cc(/C=C(\C#N)C(=O)Nc2ccc(Br)cc2)cc1Br. The topological polar surface area (TPSA) is 62.1 Å². The van der Waals surface area contributed by atoms with E-state index >= 15 is 0 Å². The largest absolute Gasteiger partial charge is 0.487 e. The van der Waals surface area contributed by atoms with Crippen LogP contribution in [0.25, 0.3) is 6.08 Å². The van der Waals surface area contributed by atoms with Crippen molar-refractivity contribution in [2.24, 2.45) is 0 Å². The normalized spacial score (nSPS) is 10.8. The zero-order chi connectivity index (χ0) is 19.1. The van der Waals surface area contributed by atoms with E-state index in [4.69, 9.17) is 4.74 Å². The van der Waals surface area contributed by atoms with Crippen LogP contribution < -0.4 is 10.1 Å². The first kappa shape index (κ1) is 20.4. The molecule has 132 valence electrons. The van der Waals surface area contributed by atoms with Gasteiger partial charge in [-0.15, -0.1) is 0 Å². The number of carbonyl (C=O) groups is 1. The third-order valence-corrected chi connectivity index (χ3v) is 4.85. The van der Waals surface area contributed by atoms with Gasteiger partial charge in [-0.1, -0.05) is 28.6 Å². The number of benzene rings is 2. The predicted molar refractivity (Wildman–Crippen MR) is 114 cm³/mol. The van der Waals surface area contributed by atoms with Crippen LogP contribution in [-0.4, -0.2) is 12.5 Å². The Bertz CT molecular complexity index is 877. The lowest BCUT2D eigenvalue weighted by Crippen LogP contribution is -2.13. The average Bonchev–Trinajstić information content (AvgIpc) is 2.61. The Morgan fingerprint density at radius 1 is 1.19 bits per heavy atom. The Kier molecular flexibility index (Phi) is 7.64. The molecule has 2 aromatic rings. The lowest BCUT2D eigenvalue weighted by molar-refractivity contribution is -0.112. The van der Waals surface area contributed by atoms with E-state index in [1.165, 1.54) is 6.08 Å². The Morgan fingerprint density at radius 2 is 1.81 bits per heavy atom. The molecule has 4 nitrogen and oxygen atoms in total. The summed E-state index contributed by atoms with van der Waals surface area (Å²) in [5, 5.41) is 12.0. The van der Waals surface area contributed by atoms with E-state index in [0.29, 0.717) is 32.6 Å². The van der Waals surface area contributed by atoms with Gasteiger partial charge in [0.05, 0.1) is 8.95 Å². The lowest BCUT2D eigenvalue weighted by Gasteiger charge is -2.10. The van der Waals surface area contributed by atoms with E-state index in [-0.39, 0.29) is 5.57 Å². The molecule has 0 spiro atoms. The summed E-state index contributed by atoms with van der Waals surface area (Å²) in [7, 11) is 0. The molecule has 0 fully saturated rings. The second kappa shape index (κ2) is 9.72. The molecule has 26 heavy (non-hydrogen) atoms. The molecule has 0 saturated heterocycles. The molecule has 1 amide bonds. The summed E-state index contributed by atoms with van der Waals surface area (Å²) >= 11 is 10.2. The maximum atomic E-state index is 12.3. The van der Waals surface area contributed by atoms with Gasteiger partial charge in [0.2, 0.25) is 0 Å². The molecule has 2 rings (SSSR count). The first-order valence-corrected chi connectivity index (χ1v) is 9.74. The monoisotopic (exact) mass is 538 g/mol. The van der Waals surface area contributed by atoms with E-state index in [0.717, 1.165) is 4.47 Å². The van der Waals surface area contributed by atoms with Gasteiger partial charge in [-0.2, -0.15) is 5.26 Å². The number of halogens is 3. The van der Waals surface area contributed by atoms with Gasteiger partial charge in [-0.3, -0.25) is 4.79 Å². The van der Waals surface area contributed by atoms with Crippen molar-refractivity contribution in [1.29, 1.82) is 5.26 Å². The molecule has 0 unspecified atom stereocenters. The number of hydrogen-bond donors (Lipinski definition) is 1. The number of amides is 1. The zero-order valence-electron chi connectivity index (χ0n) is 13.4. The Labute approximate surface area is 176 Å². The van der Waals surface area contributed by atoms with Crippen LogP contribution in [0.4, 0.5) is 5.69 Å². The van der Waals surface area contributed by atoms with Crippen LogP contribution in [-0.2, 0) is 4.79 Å². The van der Waals surface area contributed by atoms with Crippen molar-refractivity contribution in [3.05, 3.63) is 73.6 Å². The Hall–Kier alpha value is -1.88. The van der Waals surface area contributed by atoms with Gasteiger partial charge in [0.25, 0.3) is 5.91 Å². The highest BCUT2D eigenvalue weighted by Crippen LogP contribution is 2.35. The van der Waals surface area contributed by atoms with Crippen LogP contribution >= 0.6 is 47.8 Å². The number of ether oxygens (including phenoxy) is 1. The first-order valence-electron chi connectivity index (χ1n) is 7.36. The minimum absolute atomic E-state index is 0.00789. The first-order chi connectivity index (χ1) is 12.4. The molecule has 0 radical (unpaired) electrons. The molecule has 0 bridgehead atoms. The molecule has 0 saturated carbocycles. The molecule has 7 heteroatoms. The van der Waals surface area contributed by atoms with Crippen molar-refractivity contribution < 1.29 is 9.53 Å². The van der Waals surface area contributed by atoms with Crippen molar-refractivity contribution in [2.45, 2.75) is 0 Å². The van der Waals surface area contributed by atoms with Crippen LogP contribution in [0.15, 0.2) is 68.0 Å². The minimum Gasteiger partial charge on any atom is -0.487 e. The van der Waals surface area contributed by atoms with Crippen LogP contribution in [0.3, 0.4) is 0 Å². The molecule has 0 aliphatic carbocycles. The summed E-state index contributed by atoms with van der Waals surface area (Å²) < 4.78 is 7.86. The number of nitrogens with zero attached hydrogens (tertiary/aromatic N) is 1. The maximum absolute atomic E-state index is 12.3. The average molecular weight is 541 g/mol. The number of carbonyl (C=O) groups excluding carboxylic acids is 1. The number of rotatable bonds is 6. The molecule has 2 aromatic carbocycles. The van der Waals surface area contributed by atoms with Crippen molar-refractivity contribution in [1.82, 2.24) is 0 Å². The molecule has 0 aromatic heterocycles. The number of anilines is 1. The number of hydrogen-bond acceptors (Lipinski definition) is 3. The van der Waals surface area contributed by atoms with E-state index in [9.17, 15) is 10.1 Å². The molecule has 0 aliphatic rings. The van der Waals surface area contributed by atoms with E-state index in [1.807, 2.05) is 18.2 Å². The fourth-order valence-corrected chi connectivity index (χ4v) is 3.71. The molecular formula is C19H13Br3N2O2. The molecule has 0 atom stereocenters. The second-order valence-corrected chi connectivity index (χ2v) is 7.67. The fourth-order valence-electron chi connectivity index (χ4n) is 1.99. The Morgan fingerprint density at radius 3 is 2.35 bits per heavy atom. The second-order valence-electron chi connectivity index (χ2n) is 5.04. The van der Waals surface area contributed by atoms with Gasteiger partial charge in [0, 0.05) is 10.2 Å². The molecule has 0 heterocycles. The maximum Gasteiger partial charge on any atom is 0.266 e. The van der Waals surface area contributed by atoms with Gasteiger partial charge >= 0.3 is 0 Å². The van der Waals surface area contributed by atoms with Crippen LogP contribution in [0, 0.1) is 11.3 Å². The fraction of sp³-hybridized carbons (Fsp3) is 0.0526. The van der Waals surface area contributed by atoms with E-state index in [1.54, 1.807) is 30.3 Å². The summed E-state index contributed by atoms with van der Waals surface area (Å²) in [6.07, 6.45) is 3.16. The van der Waals surface area contributed by atoms with Crippen LogP contribution in [0.2, 0.25) is 0 Å². The third kappa shape index (κ3) is 5.56. The highest BCUT2D eigenvalue weighted by Gasteiger charge is 2.12. The van der Waals surface area contributed by atoms with Gasteiger partial charge in [0.15, 0.2) is 0 Å². The highest BCUT2D eigenvalue weighted by molar-refractivity contribution is 9.11. The zero-order valence-corrected chi connectivity index (χ0v) is 18.2. The van der Waals surface area contributed by atoms with Crippen LogP contribution in [0.1, 0.15) is 5.56 Å². The molecule has 1 N–H and O–H groups in total. The molecular weight excluding hydrogens is 528 g/mol. The smallest absolute Gasteiger partial charge is 0.266 e. The predicted octanol–water partition coefficient (Wildman–Crippen LogP) is 6.08. The van der Waals surface area contributed by atoms with Gasteiger partial charge < -0.3 is 10.1 Å². The van der Waals surface area contributed by atoms with Gasteiger partial charge in [0.1, 0.15) is 24.0 Å². The van der Waals surface area contributed by atoms with Gasteiger partial charge in [-0.05, 0) is 79.9 Å². The van der Waals surface area contributed by atoms with E-state index in [2.05, 4.69) is 59.7 Å². The van der Waals surface area contributed by atoms with Crippen molar-refractivity contribution in [2.75, 3.05) is 11.9 Å². The quantitative estimate of drug-likeness (QED) is 0.274. The number of nitrogens with one attached hydrogen (secondary N) is 1. The Balaban J connectivity index is 2.24. The van der Waals surface area contributed by atoms with Gasteiger partial charge in [-0.25, -0.2) is 0 Å². The van der Waals surface area contributed by atoms with Crippen molar-refractivity contribution >= 4 is 65.5 Å². The molecule has 0 aliphatic heterocycles. The summed E-state index contributed by atoms with van der Waals surface area (Å²) in [5.74, 6) is 0.147. The summed E-state index contributed by atoms with van der Waals surface area (Å²) in [5.41, 5.74) is 1.28. The lowest BCUT2D eigenvalue weighted by atomic mass is 10.1.